The number of hydrogen-bond donors (Lipinski definition) is 2. The van der Waals surface area contributed by atoms with Crippen molar-refractivity contribution in [3.63, 3.8) is 0 Å². The molecule has 0 aromatic carbocycles. The van der Waals surface area contributed by atoms with E-state index in [1.807, 2.05) is 0 Å². The van der Waals surface area contributed by atoms with Gasteiger partial charge in [0.2, 0.25) is 0 Å². The molecule has 0 aliphatic heterocycles. The second kappa shape index (κ2) is 3.71. The summed E-state index contributed by atoms with van der Waals surface area (Å²) in [6.45, 7) is 1.28. The van der Waals surface area contributed by atoms with Crippen LogP contribution in [0.15, 0.2) is 0 Å². The zero-order chi connectivity index (χ0) is 8.15. The second-order valence-electron chi connectivity index (χ2n) is 1.64. The summed E-state index contributed by atoms with van der Waals surface area (Å²) >= 11 is 0. The van der Waals surface area contributed by atoms with Gasteiger partial charge >= 0.3 is 12.1 Å². The van der Waals surface area contributed by atoms with Crippen LogP contribution in [0.5, 0.6) is 0 Å². The highest BCUT2D eigenvalue weighted by molar-refractivity contribution is 5.76. The number of hydrogen-bond acceptors (Lipinski definition) is 3. The molecule has 5 nitrogen and oxygen atoms in total. The summed E-state index contributed by atoms with van der Waals surface area (Å²) in [6.07, 6.45) is -1.84. The SMILES string of the molecule is CNC(=O)OC(C)C(=O)O. The van der Waals surface area contributed by atoms with Crippen LogP contribution in [-0.2, 0) is 9.53 Å². The normalized spacial score (nSPS) is 11.8. The van der Waals surface area contributed by atoms with Crippen LogP contribution in [0.3, 0.4) is 0 Å². The molecule has 1 atom stereocenters. The van der Waals surface area contributed by atoms with E-state index in [2.05, 4.69) is 10.1 Å². The molecule has 2 N–H and O–H groups in total. The van der Waals surface area contributed by atoms with E-state index < -0.39 is 18.2 Å². The third-order valence-corrected chi connectivity index (χ3v) is 0.836. The molecule has 58 valence electrons. The van der Waals surface area contributed by atoms with Crippen LogP contribution in [0.2, 0.25) is 0 Å². The highest BCUT2D eigenvalue weighted by Crippen LogP contribution is 1.89. The van der Waals surface area contributed by atoms with E-state index in [0.29, 0.717) is 0 Å². The monoisotopic (exact) mass is 147 g/mol. The quantitative estimate of drug-likeness (QED) is 0.567. The van der Waals surface area contributed by atoms with Gasteiger partial charge in [0.15, 0.2) is 6.10 Å². The van der Waals surface area contributed by atoms with Crippen LogP contribution in [0.4, 0.5) is 4.79 Å². The number of carboxylic acids is 1. The van der Waals surface area contributed by atoms with Crippen molar-refractivity contribution in [2.24, 2.45) is 0 Å². The highest BCUT2D eigenvalue weighted by Gasteiger charge is 2.14. The maximum atomic E-state index is 10.3. The predicted octanol–water partition coefficient (Wildman–Crippen LogP) is -0.185. The molecule has 0 saturated carbocycles. The molecule has 1 amide bonds. The summed E-state index contributed by atoms with van der Waals surface area (Å²) in [5.74, 6) is -1.16. The molecule has 0 bridgehead atoms. The van der Waals surface area contributed by atoms with E-state index in [0.717, 1.165) is 0 Å². The van der Waals surface area contributed by atoms with Crippen molar-refractivity contribution in [1.29, 1.82) is 0 Å². The van der Waals surface area contributed by atoms with Crippen molar-refractivity contribution in [1.82, 2.24) is 5.32 Å². The van der Waals surface area contributed by atoms with Gasteiger partial charge in [-0.25, -0.2) is 9.59 Å². The third kappa shape index (κ3) is 2.91. The van der Waals surface area contributed by atoms with Crippen molar-refractivity contribution < 1.29 is 19.4 Å². The van der Waals surface area contributed by atoms with Crippen molar-refractivity contribution >= 4 is 12.1 Å². The van der Waals surface area contributed by atoms with Crippen LogP contribution in [0.1, 0.15) is 6.92 Å². The molecule has 0 heterocycles. The number of amides is 1. The number of carbonyl (C=O) groups excluding carboxylic acids is 1. The number of carbonyl (C=O) groups is 2. The lowest BCUT2D eigenvalue weighted by atomic mass is 10.4. The summed E-state index contributed by atoms with van der Waals surface area (Å²) in [6, 6.07) is 0. The van der Waals surface area contributed by atoms with Gasteiger partial charge in [-0.2, -0.15) is 0 Å². The third-order valence-electron chi connectivity index (χ3n) is 0.836. The Morgan fingerprint density at radius 2 is 2.10 bits per heavy atom. The highest BCUT2D eigenvalue weighted by atomic mass is 16.6. The molecule has 0 rings (SSSR count). The van der Waals surface area contributed by atoms with Gasteiger partial charge in [-0.05, 0) is 6.92 Å². The molecule has 0 aliphatic carbocycles. The van der Waals surface area contributed by atoms with E-state index in [1.54, 1.807) is 0 Å². The largest absolute Gasteiger partial charge is 0.479 e. The number of ether oxygens (including phenoxy) is 1. The average Bonchev–Trinajstić information content (AvgIpc) is 1.87. The number of alkyl carbamates (subject to hydrolysis) is 1. The predicted molar refractivity (Wildman–Crippen MR) is 32.6 cm³/mol. The molecule has 0 aliphatic rings. The lowest BCUT2D eigenvalue weighted by Crippen LogP contribution is -2.29. The molecule has 0 spiro atoms. The van der Waals surface area contributed by atoms with E-state index in [4.69, 9.17) is 5.11 Å². The van der Waals surface area contributed by atoms with Gasteiger partial charge in [0, 0.05) is 7.05 Å². The van der Waals surface area contributed by atoms with Crippen molar-refractivity contribution in [3.8, 4) is 0 Å². The van der Waals surface area contributed by atoms with Gasteiger partial charge in [-0.15, -0.1) is 0 Å². The summed E-state index contributed by atoms with van der Waals surface area (Å²) in [4.78, 5) is 20.4. The summed E-state index contributed by atoms with van der Waals surface area (Å²) in [5.41, 5.74) is 0. The lowest BCUT2D eigenvalue weighted by Gasteiger charge is -2.06. The smallest absolute Gasteiger partial charge is 0.407 e. The second-order valence-corrected chi connectivity index (χ2v) is 1.64. The molecule has 10 heavy (non-hydrogen) atoms. The lowest BCUT2D eigenvalue weighted by molar-refractivity contribution is -0.145. The minimum Gasteiger partial charge on any atom is -0.479 e. The first-order chi connectivity index (χ1) is 4.57. The Kier molecular flexibility index (Phi) is 3.24. The first-order valence-corrected chi connectivity index (χ1v) is 2.69. The van der Waals surface area contributed by atoms with Crippen LogP contribution in [0, 0.1) is 0 Å². The molecule has 5 heteroatoms. The number of rotatable bonds is 2. The first kappa shape index (κ1) is 8.74. The summed E-state index contributed by atoms with van der Waals surface area (Å²) in [5, 5.41) is 10.3. The standard InChI is InChI=1S/C5H9NO4/c1-3(4(7)8)10-5(9)6-2/h3H,1-2H3,(H,6,9)(H,7,8). The number of aliphatic carboxylic acids is 1. The van der Waals surface area contributed by atoms with Crippen molar-refractivity contribution in [2.75, 3.05) is 7.05 Å². The topological polar surface area (TPSA) is 75.6 Å². The molecule has 0 aromatic rings. The fourth-order valence-electron chi connectivity index (χ4n) is 0.270. The van der Waals surface area contributed by atoms with Gasteiger partial charge in [0.1, 0.15) is 0 Å². The van der Waals surface area contributed by atoms with Crippen LogP contribution < -0.4 is 5.32 Å². The van der Waals surface area contributed by atoms with Gasteiger partial charge in [-0.1, -0.05) is 0 Å². The zero-order valence-electron chi connectivity index (χ0n) is 5.75. The van der Waals surface area contributed by atoms with Crippen LogP contribution in [-0.4, -0.2) is 30.3 Å². The van der Waals surface area contributed by atoms with Gasteiger partial charge in [0.25, 0.3) is 0 Å². The van der Waals surface area contributed by atoms with E-state index in [1.165, 1.54) is 14.0 Å². The Morgan fingerprint density at radius 3 is 2.40 bits per heavy atom. The molecular weight excluding hydrogens is 138 g/mol. The first-order valence-electron chi connectivity index (χ1n) is 2.69. The van der Waals surface area contributed by atoms with E-state index in [9.17, 15) is 9.59 Å². The number of carboxylic acid groups (broad SMARTS) is 1. The molecule has 0 radical (unpaired) electrons. The van der Waals surface area contributed by atoms with Crippen molar-refractivity contribution in [3.05, 3.63) is 0 Å². The molecule has 1 unspecified atom stereocenters. The molecule has 0 saturated heterocycles. The van der Waals surface area contributed by atoms with Crippen molar-refractivity contribution in [2.45, 2.75) is 13.0 Å². The fraction of sp³-hybridized carbons (Fsp3) is 0.600. The van der Waals surface area contributed by atoms with E-state index >= 15 is 0 Å². The van der Waals surface area contributed by atoms with Crippen LogP contribution in [0.25, 0.3) is 0 Å². The minimum absolute atomic E-state index is 0.741. The summed E-state index contributed by atoms with van der Waals surface area (Å²) in [7, 11) is 1.36. The maximum Gasteiger partial charge on any atom is 0.407 e. The Hall–Kier alpha value is -1.26. The van der Waals surface area contributed by atoms with Gasteiger partial charge in [0.05, 0.1) is 0 Å². The Morgan fingerprint density at radius 1 is 1.60 bits per heavy atom. The fourth-order valence-corrected chi connectivity index (χ4v) is 0.270. The summed E-state index contributed by atoms with van der Waals surface area (Å²) < 4.78 is 4.31. The molecular formula is C5H9NO4. The Labute approximate surface area is 58.0 Å². The van der Waals surface area contributed by atoms with E-state index in [-0.39, 0.29) is 0 Å². The Bertz CT molecular complexity index is 145. The number of nitrogens with one attached hydrogen (secondary N) is 1. The minimum atomic E-state index is -1.16. The van der Waals surface area contributed by atoms with Gasteiger partial charge in [-0.3, -0.25) is 0 Å². The average molecular weight is 147 g/mol. The Balaban J connectivity index is 3.68. The maximum absolute atomic E-state index is 10.3. The molecule has 0 aromatic heterocycles. The van der Waals surface area contributed by atoms with Crippen LogP contribution >= 0.6 is 0 Å². The molecule has 0 fully saturated rings. The zero-order valence-corrected chi connectivity index (χ0v) is 5.75. The van der Waals surface area contributed by atoms with Gasteiger partial charge < -0.3 is 15.2 Å².